The molecule has 0 aliphatic heterocycles. The third-order valence-electron chi connectivity index (χ3n) is 3.58. The van der Waals surface area contributed by atoms with Crippen molar-refractivity contribution < 1.29 is 5.11 Å². The van der Waals surface area contributed by atoms with E-state index in [0.717, 1.165) is 24.6 Å². The van der Waals surface area contributed by atoms with Crippen molar-refractivity contribution in [2.45, 2.75) is 45.1 Å². The molecular weight excluding hydrogens is 240 g/mol. The predicted molar refractivity (Wildman–Crippen MR) is 77.5 cm³/mol. The molecule has 1 aromatic heterocycles. The van der Waals surface area contributed by atoms with Gasteiger partial charge in [-0.15, -0.1) is 0 Å². The van der Waals surface area contributed by atoms with Crippen molar-refractivity contribution in [1.82, 2.24) is 9.97 Å². The van der Waals surface area contributed by atoms with Gasteiger partial charge in [0.25, 0.3) is 0 Å². The summed E-state index contributed by atoms with van der Waals surface area (Å²) < 4.78 is 0. The SMILES string of the molecule is CCCNc1cncc(N(CCO)C2CCCC2)n1. The number of nitrogens with one attached hydrogen (secondary N) is 1. The van der Waals surface area contributed by atoms with Crippen molar-refractivity contribution in [3.8, 4) is 0 Å². The van der Waals surface area contributed by atoms with Gasteiger partial charge in [-0.3, -0.25) is 4.98 Å². The lowest BCUT2D eigenvalue weighted by Crippen LogP contribution is -2.36. The van der Waals surface area contributed by atoms with Crippen molar-refractivity contribution in [3.63, 3.8) is 0 Å². The first-order valence-corrected chi connectivity index (χ1v) is 7.28. The Morgan fingerprint density at radius 1 is 1.37 bits per heavy atom. The highest BCUT2D eigenvalue weighted by Crippen LogP contribution is 2.27. The molecule has 19 heavy (non-hydrogen) atoms. The lowest BCUT2D eigenvalue weighted by atomic mass is 10.2. The molecular formula is C14H24N4O. The average molecular weight is 264 g/mol. The molecule has 1 heterocycles. The van der Waals surface area contributed by atoms with Crippen LogP contribution in [-0.4, -0.2) is 40.8 Å². The van der Waals surface area contributed by atoms with Crippen LogP contribution in [0.4, 0.5) is 11.6 Å². The van der Waals surface area contributed by atoms with Crippen LogP contribution >= 0.6 is 0 Å². The number of aromatic nitrogens is 2. The first-order valence-electron chi connectivity index (χ1n) is 7.28. The maximum atomic E-state index is 9.26. The van der Waals surface area contributed by atoms with Crippen LogP contribution in [0, 0.1) is 0 Å². The molecule has 1 aromatic rings. The number of aliphatic hydroxyl groups excluding tert-OH is 1. The van der Waals surface area contributed by atoms with Crippen LogP contribution in [0.3, 0.4) is 0 Å². The topological polar surface area (TPSA) is 61.3 Å². The Morgan fingerprint density at radius 3 is 2.84 bits per heavy atom. The van der Waals surface area contributed by atoms with E-state index in [1.807, 2.05) is 0 Å². The van der Waals surface area contributed by atoms with E-state index >= 15 is 0 Å². The van der Waals surface area contributed by atoms with Gasteiger partial charge in [0.15, 0.2) is 0 Å². The minimum atomic E-state index is 0.158. The molecule has 0 spiro atoms. The quantitative estimate of drug-likeness (QED) is 0.789. The van der Waals surface area contributed by atoms with Crippen molar-refractivity contribution in [2.24, 2.45) is 0 Å². The van der Waals surface area contributed by atoms with Gasteiger partial charge in [-0.05, 0) is 19.3 Å². The molecule has 1 fully saturated rings. The van der Waals surface area contributed by atoms with Gasteiger partial charge in [0.2, 0.25) is 0 Å². The minimum absolute atomic E-state index is 0.158. The Kier molecular flexibility index (Phi) is 5.39. The molecule has 1 aliphatic carbocycles. The Morgan fingerprint density at radius 2 is 2.16 bits per heavy atom. The zero-order chi connectivity index (χ0) is 13.5. The van der Waals surface area contributed by atoms with Crippen LogP contribution in [0.5, 0.6) is 0 Å². The van der Waals surface area contributed by atoms with Gasteiger partial charge in [0.1, 0.15) is 11.6 Å². The number of hydrogen-bond donors (Lipinski definition) is 2. The monoisotopic (exact) mass is 264 g/mol. The molecule has 0 aromatic carbocycles. The number of hydrogen-bond acceptors (Lipinski definition) is 5. The summed E-state index contributed by atoms with van der Waals surface area (Å²) in [6, 6.07) is 0.503. The minimum Gasteiger partial charge on any atom is -0.395 e. The van der Waals surface area contributed by atoms with Gasteiger partial charge in [0.05, 0.1) is 19.0 Å². The second-order valence-electron chi connectivity index (χ2n) is 5.04. The van der Waals surface area contributed by atoms with E-state index in [1.165, 1.54) is 25.7 Å². The summed E-state index contributed by atoms with van der Waals surface area (Å²) in [5, 5.41) is 12.5. The van der Waals surface area contributed by atoms with Gasteiger partial charge in [-0.1, -0.05) is 19.8 Å². The smallest absolute Gasteiger partial charge is 0.149 e. The van der Waals surface area contributed by atoms with Gasteiger partial charge in [-0.2, -0.15) is 0 Å². The number of aliphatic hydroxyl groups is 1. The molecule has 0 unspecified atom stereocenters. The summed E-state index contributed by atoms with van der Waals surface area (Å²) in [5.41, 5.74) is 0. The number of anilines is 2. The predicted octanol–water partition coefficient (Wildman–Crippen LogP) is 2.04. The van der Waals surface area contributed by atoms with Crippen LogP contribution in [0.2, 0.25) is 0 Å². The molecule has 5 heteroatoms. The van der Waals surface area contributed by atoms with Gasteiger partial charge < -0.3 is 15.3 Å². The Labute approximate surface area is 115 Å². The molecule has 106 valence electrons. The normalized spacial score (nSPS) is 15.7. The lowest BCUT2D eigenvalue weighted by molar-refractivity contribution is 0.297. The van der Waals surface area contributed by atoms with Crippen molar-refractivity contribution >= 4 is 11.6 Å². The summed E-state index contributed by atoms with van der Waals surface area (Å²) in [6.07, 6.45) is 9.54. The molecule has 1 saturated carbocycles. The zero-order valence-corrected chi connectivity index (χ0v) is 11.7. The Bertz CT molecular complexity index is 379. The highest BCUT2D eigenvalue weighted by molar-refractivity contribution is 5.44. The van der Waals surface area contributed by atoms with E-state index in [-0.39, 0.29) is 6.61 Å². The van der Waals surface area contributed by atoms with Crippen LogP contribution in [0.25, 0.3) is 0 Å². The summed E-state index contributed by atoms with van der Waals surface area (Å²) >= 11 is 0. The molecule has 2 rings (SSSR count). The van der Waals surface area contributed by atoms with Gasteiger partial charge in [-0.25, -0.2) is 4.98 Å². The second-order valence-corrected chi connectivity index (χ2v) is 5.04. The third-order valence-corrected chi connectivity index (χ3v) is 3.58. The van der Waals surface area contributed by atoms with Crippen molar-refractivity contribution in [2.75, 3.05) is 29.9 Å². The van der Waals surface area contributed by atoms with Crippen molar-refractivity contribution in [3.05, 3.63) is 12.4 Å². The van der Waals surface area contributed by atoms with Gasteiger partial charge in [0, 0.05) is 19.1 Å². The first-order chi connectivity index (χ1) is 9.35. The van der Waals surface area contributed by atoms with Crippen LogP contribution in [0.1, 0.15) is 39.0 Å². The van der Waals surface area contributed by atoms with Crippen LogP contribution in [0.15, 0.2) is 12.4 Å². The van der Waals surface area contributed by atoms with Gasteiger partial charge >= 0.3 is 0 Å². The van der Waals surface area contributed by atoms with E-state index in [4.69, 9.17) is 0 Å². The molecule has 0 radical (unpaired) electrons. The largest absolute Gasteiger partial charge is 0.395 e. The summed E-state index contributed by atoms with van der Waals surface area (Å²) in [7, 11) is 0. The Hall–Kier alpha value is -1.36. The first kappa shape index (κ1) is 14.1. The van der Waals surface area contributed by atoms with Crippen LogP contribution in [-0.2, 0) is 0 Å². The van der Waals surface area contributed by atoms with Crippen molar-refractivity contribution in [1.29, 1.82) is 0 Å². The second kappa shape index (κ2) is 7.28. The lowest BCUT2D eigenvalue weighted by Gasteiger charge is -2.29. The van der Waals surface area contributed by atoms with E-state index < -0.39 is 0 Å². The maximum absolute atomic E-state index is 9.26. The molecule has 5 nitrogen and oxygen atoms in total. The van der Waals surface area contributed by atoms with E-state index in [9.17, 15) is 5.11 Å². The summed E-state index contributed by atoms with van der Waals surface area (Å²) in [4.78, 5) is 11.1. The molecule has 0 amide bonds. The maximum Gasteiger partial charge on any atom is 0.149 e. The molecule has 1 aliphatic rings. The molecule has 0 saturated heterocycles. The fraction of sp³-hybridized carbons (Fsp3) is 0.714. The average Bonchev–Trinajstić information content (AvgIpc) is 2.96. The third kappa shape index (κ3) is 3.80. The summed E-state index contributed by atoms with van der Waals surface area (Å²) in [5.74, 6) is 1.70. The molecule has 0 bridgehead atoms. The highest BCUT2D eigenvalue weighted by atomic mass is 16.3. The van der Waals surface area contributed by atoms with E-state index in [2.05, 4.69) is 27.1 Å². The fourth-order valence-corrected chi connectivity index (χ4v) is 2.64. The standard InChI is InChI=1S/C14H24N4O/c1-2-7-16-13-10-15-11-14(17-13)18(8-9-19)12-5-3-4-6-12/h10-12,19H,2-9H2,1H3,(H,16,17). The van der Waals surface area contributed by atoms with E-state index in [1.54, 1.807) is 12.4 Å². The number of nitrogens with zero attached hydrogens (tertiary/aromatic N) is 3. The fourth-order valence-electron chi connectivity index (χ4n) is 2.64. The zero-order valence-electron chi connectivity index (χ0n) is 11.7. The van der Waals surface area contributed by atoms with E-state index in [0.29, 0.717) is 12.6 Å². The molecule has 0 atom stereocenters. The Balaban J connectivity index is 2.11. The van der Waals surface area contributed by atoms with Crippen LogP contribution < -0.4 is 10.2 Å². The number of rotatable bonds is 7. The highest BCUT2D eigenvalue weighted by Gasteiger charge is 2.23. The summed E-state index contributed by atoms with van der Waals surface area (Å²) in [6.45, 7) is 3.82. The molecule has 2 N–H and O–H groups in total.